The fourth-order valence-corrected chi connectivity index (χ4v) is 6.23. The van der Waals surface area contributed by atoms with Crippen molar-refractivity contribution in [3.8, 4) is 11.1 Å². The van der Waals surface area contributed by atoms with Crippen LogP contribution in [0, 0.1) is 11.8 Å². The highest BCUT2D eigenvalue weighted by Crippen LogP contribution is 2.58. The van der Waals surface area contributed by atoms with Gasteiger partial charge in [-0.05, 0) is 49.4 Å². The van der Waals surface area contributed by atoms with Gasteiger partial charge in [0.05, 0.1) is 18.9 Å². The molecule has 3 saturated heterocycles. The summed E-state index contributed by atoms with van der Waals surface area (Å²) >= 11 is 0. The Labute approximate surface area is 188 Å². The number of carbonyl (C=O) groups excluding carboxylic acids is 3. The Morgan fingerprint density at radius 2 is 1.69 bits per heavy atom. The first-order valence-corrected chi connectivity index (χ1v) is 11.4. The number of hydrogen-bond acceptors (Lipinski definition) is 5. The monoisotopic (exact) mass is 432 g/mol. The number of amides is 2. The van der Waals surface area contributed by atoms with E-state index in [9.17, 15) is 14.4 Å². The molecule has 3 aliphatic rings. The average Bonchev–Trinajstić information content (AvgIpc) is 3.29. The molecular formula is C26H28N2O4. The number of benzene rings is 2. The lowest BCUT2D eigenvalue weighted by Gasteiger charge is -2.44. The maximum Gasteiger partial charge on any atom is 0.327 e. The number of esters is 1. The first-order valence-electron chi connectivity index (χ1n) is 11.4. The summed E-state index contributed by atoms with van der Waals surface area (Å²) in [4.78, 5) is 43.5. The van der Waals surface area contributed by atoms with Gasteiger partial charge in [0.25, 0.3) is 0 Å². The zero-order valence-electron chi connectivity index (χ0n) is 18.5. The fourth-order valence-electron chi connectivity index (χ4n) is 6.23. The lowest BCUT2D eigenvalue weighted by atomic mass is 9.75. The van der Waals surface area contributed by atoms with Crippen LogP contribution in [0.25, 0.3) is 11.1 Å². The predicted molar refractivity (Wildman–Crippen MR) is 119 cm³/mol. The number of carbonyl (C=O) groups is 3. The Kier molecular flexibility index (Phi) is 5.13. The molecule has 0 aromatic heterocycles. The Morgan fingerprint density at radius 3 is 2.34 bits per heavy atom. The van der Waals surface area contributed by atoms with Crippen LogP contribution in [-0.2, 0) is 19.1 Å². The van der Waals surface area contributed by atoms with Crippen molar-refractivity contribution in [1.29, 1.82) is 0 Å². The number of methoxy groups -OCH3 is 1. The molecule has 5 rings (SSSR count). The molecule has 3 heterocycles. The minimum atomic E-state index is -1.07. The molecule has 2 aromatic rings. The van der Waals surface area contributed by atoms with Gasteiger partial charge in [-0.1, -0.05) is 54.6 Å². The number of likely N-dealkylation sites (tertiary alicyclic amines) is 1. The van der Waals surface area contributed by atoms with Crippen molar-refractivity contribution in [3.63, 3.8) is 0 Å². The Hall–Kier alpha value is -2.99. The lowest BCUT2D eigenvalue weighted by Crippen LogP contribution is -2.59. The van der Waals surface area contributed by atoms with Gasteiger partial charge in [-0.25, -0.2) is 0 Å². The Bertz CT molecular complexity index is 1050. The third-order valence-electron chi connectivity index (χ3n) is 7.57. The molecule has 3 fully saturated rings. The van der Waals surface area contributed by atoms with Crippen molar-refractivity contribution >= 4 is 17.8 Å². The van der Waals surface area contributed by atoms with E-state index < -0.39 is 23.3 Å². The van der Waals surface area contributed by atoms with Gasteiger partial charge in [0.1, 0.15) is 5.54 Å². The van der Waals surface area contributed by atoms with E-state index in [2.05, 4.69) is 29.2 Å². The van der Waals surface area contributed by atoms with Crippen LogP contribution in [0.5, 0.6) is 0 Å². The second kappa shape index (κ2) is 7.85. The number of rotatable bonds is 4. The highest BCUT2D eigenvalue weighted by molar-refractivity contribution is 6.09. The van der Waals surface area contributed by atoms with E-state index in [4.69, 9.17) is 4.74 Å². The predicted octanol–water partition coefficient (Wildman–Crippen LogP) is 3.43. The maximum atomic E-state index is 13.4. The summed E-state index contributed by atoms with van der Waals surface area (Å²) in [5.41, 5.74) is 2.10. The van der Waals surface area contributed by atoms with Crippen molar-refractivity contribution in [3.05, 3.63) is 60.2 Å². The minimum Gasteiger partial charge on any atom is -0.468 e. The van der Waals surface area contributed by atoms with Gasteiger partial charge in [0.2, 0.25) is 11.8 Å². The average molecular weight is 433 g/mol. The second-order valence-corrected chi connectivity index (χ2v) is 8.92. The SMILES string of the molecule is CCN1C(=O)C2C(c3ccc(-c4ccccc4)cc3)N3CCCC[C@@]3(C(=O)OC)C2C1=O. The Balaban J connectivity index is 1.62. The lowest BCUT2D eigenvalue weighted by molar-refractivity contribution is -0.164. The van der Waals surface area contributed by atoms with Crippen LogP contribution in [0.1, 0.15) is 37.8 Å². The second-order valence-electron chi connectivity index (χ2n) is 8.92. The van der Waals surface area contributed by atoms with Crippen LogP contribution < -0.4 is 0 Å². The molecule has 6 heteroatoms. The van der Waals surface area contributed by atoms with E-state index in [1.54, 1.807) is 0 Å². The molecule has 166 valence electrons. The van der Waals surface area contributed by atoms with Crippen LogP contribution in [0.4, 0.5) is 0 Å². The van der Waals surface area contributed by atoms with Crippen molar-refractivity contribution < 1.29 is 19.1 Å². The van der Waals surface area contributed by atoms with Crippen LogP contribution in [-0.4, -0.2) is 53.3 Å². The first-order chi connectivity index (χ1) is 15.5. The standard InChI is InChI=1S/C26H28N2O4/c1-3-27-23(29)20-21(24(27)30)26(25(31)32-2)15-7-8-16-28(26)22(20)19-13-11-18(12-14-19)17-9-5-4-6-10-17/h4-6,9-14,20-22H,3,7-8,15-16H2,1-2H3/t20?,21?,22?,26-/m0/s1. The fraction of sp³-hybridized carbons (Fsp3) is 0.423. The molecule has 0 radical (unpaired) electrons. The highest BCUT2D eigenvalue weighted by Gasteiger charge is 2.72. The van der Waals surface area contributed by atoms with Gasteiger partial charge in [-0.3, -0.25) is 24.2 Å². The third-order valence-corrected chi connectivity index (χ3v) is 7.57. The molecule has 0 N–H and O–H groups in total. The summed E-state index contributed by atoms with van der Waals surface area (Å²) in [7, 11) is 1.37. The smallest absolute Gasteiger partial charge is 0.327 e. The molecule has 6 nitrogen and oxygen atoms in total. The molecule has 3 unspecified atom stereocenters. The van der Waals surface area contributed by atoms with Gasteiger partial charge < -0.3 is 4.74 Å². The summed E-state index contributed by atoms with van der Waals surface area (Å²) in [6.07, 6.45) is 2.30. The molecule has 4 atom stereocenters. The number of piperidine rings is 1. The highest BCUT2D eigenvalue weighted by atomic mass is 16.5. The van der Waals surface area contributed by atoms with Crippen molar-refractivity contribution in [2.75, 3.05) is 20.2 Å². The molecule has 2 aromatic carbocycles. The molecule has 0 bridgehead atoms. The van der Waals surface area contributed by atoms with E-state index >= 15 is 0 Å². The summed E-state index contributed by atoms with van der Waals surface area (Å²) in [5.74, 6) is -2.06. The molecule has 0 spiro atoms. The van der Waals surface area contributed by atoms with E-state index in [1.165, 1.54) is 12.0 Å². The number of imide groups is 1. The summed E-state index contributed by atoms with van der Waals surface area (Å²) in [6.45, 7) is 2.80. The number of hydrogen-bond donors (Lipinski definition) is 0. The van der Waals surface area contributed by atoms with Gasteiger partial charge in [-0.2, -0.15) is 0 Å². The third kappa shape index (κ3) is 2.78. The van der Waals surface area contributed by atoms with Crippen molar-refractivity contribution in [2.24, 2.45) is 11.8 Å². The van der Waals surface area contributed by atoms with E-state index in [0.717, 1.165) is 29.5 Å². The normalized spacial score (nSPS) is 29.7. The van der Waals surface area contributed by atoms with Crippen LogP contribution in [0.3, 0.4) is 0 Å². The molecular weight excluding hydrogens is 404 g/mol. The topological polar surface area (TPSA) is 66.9 Å². The molecule has 32 heavy (non-hydrogen) atoms. The quantitative estimate of drug-likeness (QED) is 0.547. The van der Waals surface area contributed by atoms with Gasteiger partial charge in [0, 0.05) is 12.6 Å². The zero-order valence-corrected chi connectivity index (χ0v) is 18.5. The largest absolute Gasteiger partial charge is 0.468 e. The summed E-state index contributed by atoms with van der Waals surface area (Å²) < 4.78 is 5.25. The number of fused-ring (bicyclic) bond motifs is 3. The Morgan fingerprint density at radius 1 is 1.00 bits per heavy atom. The van der Waals surface area contributed by atoms with Crippen molar-refractivity contribution in [2.45, 2.75) is 37.8 Å². The first kappa shape index (κ1) is 20.9. The van der Waals surface area contributed by atoms with E-state index in [0.29, 0.717) is 19.5 Å². The number of ether oxygens (including phenoxy) is 1. The van der Waals surface area contributed by atoms with E-state index in [-0.39, 0.29) is 17.9 Å². The van der Waals surface area contributed by atoms with E-state index in [1.807, 2.05) is 37.3 Å². The van der Waals surface area contributed by atoms with Gasteiger partial charge >= 0.3 is 5.97 Å². The number of nitrogens with zero attached hydrogens (tertiary/aromatic N) is 2. The summed E-state index contributed by atoms with van der Waals surface area (Å²) in [6, 6.07) is 18.0. The van der Waals surface area contributed by atoms with Crippen LogP contribution >= 0.6 is 0 Å². The van der Waals surface area contributed by atoms with Crippen LogP contribution in [0.15, 0.2) is 54.6 Å². The molecule has 0 saturated carbocycles. The molecule has 0 aliphatic carbocycles. The maximum absolute atomic E-state index is 13.4. The van der Waals surface area contributed by atoms with Crippen molar-refractivity contribution in [1.82, 2.24) is 9.80 Å². The minimum absolute atomic E-state index is 0.169. The van der Waals surface area contributed by atoms with Gasteiger partial charge in [0.15, 0.2) is 0 Å². The summed E-state index contributed by atoms with van der Waals surface area (Å²) in [5, 5.41) is 0. The molecule has 2 amide bonds. The van der Waals surface area contributed by atoms with Gasteiger partial charge in [-0.15, -0.1) is 0 Å². The van der Waals surface area contributed by atoms with Crippen LogP contribution in [0.2, 0.25) is 0 Å². The zero-order chi connectivity index (χ0) is 22.5. The molecule has 3 aliphatic heterocycles.